The summed E-state index contributed by atoms with van der Waals surface area (Å²) in [6.45, 7) is -1.92. The number of fused-ring (bicyclic) bond motifs is 2. The molecular weight excluding hydrogens is 963 g/mol. The van der Waals surface area contributed by atoms with Crippen LogP contribution < -0.4 is 43.1 Å². The average molecular weight is 1030 g/mol. The number of ether oxygens (including phenoxy) is 6. The Labute approximate surface area is 417 Å². The van der Waals surface area contributed by atoms with Gasteiger partial charge >= 0.3 is 5.97 Å². The van der Waals surface area contributed by atoms with E-state index in [2.05, 4.69) is 5.32 Å². The lowest BCUT2D eigenvalue weighted by Gasteiger charge is -2.47. The van der Waals surface area contributed by atoms with Crippen molar-refractivity contribution in [1.82, 2.24) is 9.89 Å². The third-order valence-corrected chi connectivity index (χ3v) is 14.1. The number of amides is 1. The van der Waals surface area contributed by atoms with Crippen molar-refractivity contribution in [2.75, 3.05) is 52.8 Å². The molecule has 1 amide bonds. The van der Waals surface area contributed by atoms with Crippen LogP contribution >= 0.6 is 0 Å². The van der Waals surface area contributed by atoms with Gasteiger partial charge in [-0.1, -0.05) is 0 Å². The smallest absolute Gasteiger partial charge is 0.336 e. The molecule has 400 valence electrons. The van der Waals surface area contributed by atoms with Crippen molar-refractivity contribution in [3.63, 3.8) is 0 Å². The number of hydrogen-bond donors (Lipinski definition) is 14. The largest absolute Gasteiger partial charge is 0.478 e. The summed E-state index contributed by atoms with van der Waals surface area (Å²) in [4.78, 5) is 28.7. The number of anilines is 1. The Hall–Kier alpha value is -4.85. The third kappa shape index (κ3) is 10.7. The molecule has 0 spiro atoms. The molecule has 8 rings (SSSR count). The van der Waals surface area contributed by atoms with Gasteiger partial charge in [0.1, 0.15) is 92.6 Å². The van der Waals surface area contributed by atoms with Crippen LogP contribution in [0.15, 0.2) is 59.0 Å². The van der Waals surface area contributed by atoms with Gasteiger partial charge < -0.3 is 112 Å². The van der Waals surface area contributed by atoms with Crippen LogP contribution in [0, 0.1) is 0 Å². The summed E-state index contributed by atoms with van der Waals surface area (Å²) in [7, 11) is 7.50. The first-order chi connectivity index (χ1) is 34.6. The molecule has 0 bridgehead atoms. The first kappa shape index (κ1) is 54.4. The van der Waals surface area contributed by atoms with E-state index < -0.39 is 148 Å². The molecule has 4 heterocycles. The summed E-state index contributed by atoms with van der Waals surface area (Å²) in [5.41, 5.74) is 27.5. The van der Waals surface area contributed by atoms with Gasteiger partial charge in [0.2, 0.25) is 5.36 Å². The number of benzene rings is 3. The molecule has 25 heteroatoms. The van der Waals surface area contributed by atoms with Crippen molar-refractivity contribution in [2.45, 2.75) is 123 Å². The summed E-state index contributed by atoms with van der Waals surface area (Å²) in [6, 6.07) is 10.4. The Morgan fingerprint density at radius 3 is 1.93 bits per heavy atom. The number of carboxylic acid groups (broad SMARTS) is 1. The predicted octanol–water partition coefficient (Wildman–Crippen LogP) is -5.08. The fraction of sp³-hybridized carbons (Fsp3) is 0.562. The molecule has 6 aliphatic rings. The highest BCUT2D eigenvalue weighted by molar-refractivity contribution is 6.09. The first-order valence-corrected chi connectivity index (χ1v) is 23.7. The van der Waals surface area contributed by atoms with Gasteiger partial charge in [0, 0.05) is 72.6 Å². The molecule has 2 aromatic rings. The zero-order valence-electron chi connectivity index (χ0n) is 40.4. The van der Waals surface area contributed by atoms with Crippen molar-refractivity contribution in [1.29, 1.82) is 0 Å². The van der Waals surface area contributed by atoms with Gasteiger partial charge in [-0.15, -0.1) is 0 Å². The van der Waals surface area contributed by atoms with Crippen molar-refractivity contribution in [3.8, 4) is 22.5 Å². The van der Waals surface area contributed by atoms with E-state index >= 15 is 0 Å². The highest BCUT2D eigenvalue weighted by atomic mass is 16.8. The fourth-order valence-corrected chi connectivity index (χ4v) is 9.76. The van der Waals surface area contributed by atoms with E-state index in [0.29, 0.717) is 27.9 Å². The standard InChI is InChI=1S/C48H65N7O18/c1-54(2)19-6-9-22-27(12-19)67-28-13-20(55(3)4)7-10-23(28)32(22)24-11-18(5-8-21(24)45(65)66)44(64)53-15-29-36(59)38(61)33(51)46(68-29)72-42-31(17-57)70-48(40(42)63)73-43-35(58)25(49)14-26(50)41(43)71-47-34(52)39(62)37(60)30(16-56)69-47/h5-13,25-26,29-31,33-43,46-48,56-63H,14-17,49-52H2,1-4H3,(H-,53,64,65,66)/p+1/t25-,26+,29+,30+,31+,33-,34+,35+,36-,37+,38-,39+,40+,41-,42+,43-,46-,47-,48-/m1/s1. The molecule has 18 N–H and O–H groups in total. The number of carbonyl (C=O) groups excluding carboxylic acids is 1. The molecule has 2 aromatic carbocycles. The van der Waals surface area contributed by atoms with Crippen molar-refractivity contribution < 1.29 is 88.4 Å². The van der Waals surface area contributed by atoms with E-state index in [-0.39, 0.29) is 23.1 Å². The number of hydrogen-bond acceptors (Lipinski definition) is 22. The van der Waals surface area contributed by atoms with Gasteiger partial charge in [0.05, 0.1) is 43.0 Å². The summed E-state index contributed by atoms with van der Waals surface area (Å²) in [6.07, 6.45) is -22.9. The Morgan fingerprint density at radius 1 is 0.685 bits per heavy atom. The zero-order chi connectivity index (χ0) is 52.9. The van der Waals surface area contributed by atoms with Gasteiger partial charge in [-0.25, -0.2) is 9.37 Å². The minimum atomic E-state index is -1.78. The summed E-state index contributed by atoms with van der Waals surface area (Å²) >= 11 is 0. The SMILES string of the molecule is CN(C)c1ccc2c(-c3cc(C(=O)NC[C@@H]4O[C@H](O[C@@H]5[C@H](O)[C@@H](O[C@@H]6[C@@H](O)[C@H](N)C[C@H](N)[C@H]6O[C@H]6O[C@@H](CO)[C@H](O)[C@@H](O)[C@@H]6N)O[C@H]5CO)[C@H](N)[C@@H](O)[C@@H]4O)ccc3C(=O)O)c3ccc(=[N+](C)C)cc-3oc2c1. The van der Waals surface area contributed by atoms with Gasteiger partial charge in [-0.3, -0.25) is 4.79 Å². The maximum atomic E-state index is 14.0. The Balaban J connectivity index is 0.997. The van der Waals surface area contributed by atoms with E-state index in [0.717, 1.165) is 11.0 Å². The van der Waals surface area contributed by atoms with Crippen LogP contribution in [0.5, 0.6) is 0 Å². The third-order valence-electron chi connectivity index (χ3n) is 14.1. The maximum Gasteiger partial charge on any atom is 0.336 e. The summed E-state index contributed by atoms with van der Waals surface area (Å²) in [5, 5.41) is 101. The molecule has 25 nitrogen and oxygen atoms in total. The van der Waals surface area contributed by atoms with Gasteiger partial charge in [-0.05, 0) is 48.4 Å². The maximum absolute atomic E-state index is 14.0. The average Bonchev–Trinajstić information content (AvgIpc) is 3.66. The molecule has 4 fully saturated rings. The lowest BCUT2D eigenvalue weighted by Crippen LogP contribution is -2.68. The molecule has 2 aliphatic carbocycles. The molecule has 0 radical (unpaired) electrons. The van der Waals surface area contributed by atoms with Crippen LogP contribution in [0.1, 0.15) is 27.1 Å². The highest BCUT2D eigenvalue weighted by Crippen LogP contribution is 2.43. The van der Waals surface area contributed by atoms with E-state index in [1.54, 1.807) is 0 Å². The fourth-order valence-electron chi connectivity index (χ4n) is 9.76. The second-order valence-electron chi connectivity index (χ2n) is 19.4. The van der Waals surface area contributed by atoms with E-state index in [4.69, 9.17) is 55.8 Å². The molecule has 19 atom stereocenters. The Kier molecular flexibility index (Phi) is 16.5. The highest BCUT2D eigenvalue weighted by Gasteiger charge is 2.54. The lowest BCUT2D eigenvalue weighted by molar-refractivity contribution is -0.310. The topological polar surface area (TPSA) is 407 Å². The van der Waals surface area contributed by atoms with E-state index in [9.17, 15) is 55.5 Å². The van der Waals surface area contributed by atoms with Crippen LogP contribution in [-0.2, 0) is 28.4 Å². The van der Waals surface area contributed by atoms with Crippen LogP contribution in [0.3, 0.4) is 0 Å². The number of rotatable bonds is 14. The van der Waals surface area contributed by atoms with Crippen molar-refractivity contribution in [3.05, 3.63) is 71.1 Å². The number of nitrogens with two attached hydrogens (primary N) is 4. The summed E-state index contributed by atoms with van der Waals surface area (Å²) in [5.74, 6) is -1.49. The molecule has 3 saturated heterocycles. The van der Waals surface area contributed by atoms with Crippen LogP contribution in [-0.4, -0.2) is 222 Å². The monoisotopic (exact) mass is 1030 g/mol. The Bertz CT molecular complexity index is 2650. The number of nitrogens with one attached hydrogen (secondary N) is 1. The lowest BCUT2D eigenvalue weighted by atomic mass is 9.84. The molecule has 0 unspecified atom stereocenters. The molecule has 0 aromatic heterocycles. The molecular formula is C48H66N7O18+. The molecule has 1 saturated carbocycles. The zero-order valence-corrected chi connectivity index (χ0v) is 40.4. The molecule has 73 heavy (non-hydrogen) atoms. The van der Waals surface area contributed by atoms with Gasteiger partial charge in [0.15, 0.2) is 18.9 Å². The Morgan fingerprint density at radius 2 is 1.30 bits per heavy atom. The minimum Gasteiger partial charge on any atom is -0.478 e. The number of aromatic carboxylic acids is 1. The number of carboxylic acids is 1. The van der Waals surface area contributed by atoms with Gasteiger partial charge in [0.25, 0.3) is 5.91 Å². The van der Waals surface area contributed by atoms with Crippen LogP contribution in [0.2, 0.25) is 0 Å². The van der Waals surface area contributed by atoms with Crippen LogP contribution in [0.25, 0.3) is 33.4 Å². The van der Waals surface area contributed by atoms with Crippen molar-refractivity contribution in [2.24, 2.45) is 22.9 Å². The van der Waals surface area contributed by atoms with E-state index in [1.807, 2.05) is 74.1 Å². The van der Waals surface area contributed by atoms with E-state index in [1.165, 1.54) is 18.2 Å². The number of carbonyl (C=O) groups is 2. The number of aliphatic hydroxyl groups is 8. The second kappa shape index (κ2) is 22.2. The van der Waals surface area contributed by atoms with Crippen molar-refractivity contribution >= 4 is 28.5 Å². The van der Waals surface area contributed by atoms with Crippen LogP contribution in [0.4, 0.5) is 5.69 Å². The number of aliphatic hydroxyl groups excluding tert-OH is 8. The second-order valence-corrected chi connectivity index (χ2v) is 19.4. The predicted molar refractivity (Wildman–Crippen MR) is 256 cm³/mol. The molecule has 4 aliphatic heterocycles. The normalized spacial score (nSPS) is 35.8. The quantitative estimate of drug-likeness (QED) is 0.0415. The number of nitrogens with zero attached hydrogens (tertiary/aromatic N) is 2. The minimum absolute atomic E-state index is 0.00177. The summed E-state index contributed by atoms with van der Waals surface area (Å²) < 4.78 is 43.9. The van der Waals surface area contributed by atoms with Gasteiger partial charge in [-0.2, -0.15) is 0 Å². The first-order valence-electron chi connectivity index (χ1n) is 23.7.